The fourth-order valence-electron chi connectivity index (χ4n) is 5.84. The zero-order valence-corrected chi connectivity index (χ0v) is 24.9. The van der Waals surface area contributed by atoms with Gasteiger partial charge < -0.3 is 24.2 Å². The summed E-state index contributed by atoms with van der Waals surface area (Å²) in [6.07, 6.45) is 5.42. The molecule has 0 radical (unpaired) electrons. The van der Waals surface area contributed by atoms with Gasteiger partial charge in [-0.1, -0.05) is 0 Å². The number of nitrogens with zero attached hydrogens (tertiary/aromatic N) is 4. The van der Waals surface area contributed by atoms with Gasteiger partial charge in [-0.2, -0.15) is 0 Å². The Morgan fingerprint density at radius 2 is 2.00 bits per heavy atom. The maximum absolute atomic E-state index is 14.0. The minimum atomic E-state index is -0.982. The van der Waals surface area contributed by atoms with Crippen molar-refractivity contribution in [2.24, 2.45) is 11.8 Å². The van der Waals surface area contributed by atoms with E-state index in [1.165, 1.54) is 11.3 Å². The number of amides is 1. The van der Waals surface area contributed by atoms with Gasteiger partial charge in [-0.3, -0.25) is 14.5 Å². The Hall–Kier alpha value is -3.77. The second kappa shape index (κ2) is 12.8. The Morgan fingerprint density at radius 3 is 2.74 bits per heavy atom. The van der Waals surface area contributed by atoms with E-state index in [9.17, 15) is 19.1 Å². The summed E-state index contributed by atoms with van der Waals surface area (Å²) in [6.45, 7) is 1.61. The lowest BCUT2D eigenvalue weighted by molar-refractivity contribution is -0.141. The highest BCUT2D eigenvalue weighted by Crippen LogP contribution is 2.42. The van der Waals surface area contributed by atoms with Crippen LogP contribution in [0.25, 0.3) is 22.4 Å². The first-order chi connectivity index (χ1) is 20.9. The number of alkyl halides is 1. The molecule has 228 valence electrons. The van der Waals surface area contributed by atoms with E-state index in [0.717, 1.165) is 49.2 Å². The van der Waals surface area contributed by atoms with Crippen molar-refractivity contribution < 1.29 is 33.3 Å². The minimum Gasteiger partial charge on any atom is -0.488 e. The Labute approximate surface area is 253 Å². The number of thiazole rings is 1. The van der Waals surface area contributed by atoms with Gasteiger partial charge in [-0.15, -0.1) is 11.3 Å². The largest absolute Gasteiger partial charge is 0.488 e. The lowest BCUT2D eigenvalue weighted by Gasteiger charge is -2.29. The minimum absolute atomic E-state index is 0.00264. The molecule has 12 heteroatoms. The number of aromatic nitrogens is 2. The normalized spacial score (nSPS) is 17.6. The second-order valence-electron chi connectivity index (χ2n) is 11.3. The zero-order chi connectivity index (χ0) is 29.9. The summed E-state index contributed by atoms with van der Waals surface area (Å²) >= 11 is 1.34. The SMILES string of the molecule is CN1CCOc2cc(-c3ccc(OCF)cc3-c3csc(N(C(=O)[C@@H](CC(=O)O)CC4CCOCC4)C4CC4)n3)cnc21. The first-order valence-corrected chi connectivity index (χ1v) is 15.5. The smallest absolute Gasteiger partial charge is 0.304 e. The van der Waals surface area contributed by atoms with Crippen LogP contribution in [-0.2, 0) is 14.3 Å². The molecule has 1 saturated carbocycles. The molecule has 4 heterocycles. The number of hydrogen-bond donors (Lipinski definition) is 1. The van der Waals surface area contributed by atoms with Crippen LogP contribution in [0.5, 0.6) is 11.5 Å². The third kappa shape index (κ3) is 6.59. The van der Waals surface area contributed by atoms with Crippen LogP contribution in [0.4, 0.5) is 15.3 Å². The van der Waals surface area contributed by atoms with Gasteiger partial charge in [0, 0.05) is 54.9 Å². The molecule has 1 saturated heterocycles. The van der Waals surface area contributed by atoms with Crippen LogP contribution >= 0.6 is 11.3 Å². The Morgan fingerprint density at radius 1 is 1.19 bits per heavy atom. The van der Waals surface area contributed by atoms with Gasteiger partial charge in [0.15, 0.2) is 16.7 Å². The molecule has 2 aliphatic heterocycles. The first-order valence-electron chi connectivity index (χ1n) is 14.7. The number of ether oxygens (including phenoxy) is 3. The topological polar surface area (TPSA) is 114 Å². The molecule has 1 aliphatic carbocycles. The van der Waals surface area contributed by atoms with E-state index in [1.54, 1.807) is 23.2 Å². The van der Waals surface area contributed by atoms with E-state index in [0.29, 0.717) is 54.1 Å². The van der Waals surface area contributed by atoms with Crippen LogP contribution in [-0.4, -0.2) is 73.3 Å². The number of fused-ring (bicyclic) bond motifs is 1. The summed E-state index contributed by atoms with van der Waals surface area (Å²) < 4.78 is 29.7. The van der Waals surface area contributed by atoms with Crippen molar-refractivity contribution in [1.82, 2.24) is 9.97 Å². The number of aliphatic carboxylic acids is 1. The average molecular weight is 611 g/mol. The highest BCUT2D eigenvalue weighted by molar-refractivity contribution is 7.14. The number of likely N-dealkylation sites (N-methyl/N-ethyl adjacent to an activating group) is 1. The predicted molar refractivity (Wildman–Crippen MR) is 161 cm³/mol. The number of benzene rings is 1. The molecule has 1 aromatic carbocycles. The Bertz CT molecular complexity index is 1470. The number of hydrogen-bond acceptors (Lipinski definition) is 9. The highest BCUT2D eigenvalue weighted by Gasteiger charge is 2.40. The lowest BCUT2D eigenvalue weighted by atomic mass is 9.86. The second-order valence-corrected chi connectivity index (χ2v) is 12.2. The average Bonchev–Trinajstić information content (AvgIpc) is 3.72. The van der Waals surface area contributed by atoms with Crippen molar-refractivity contribution in [1.29, 1.82) is 0 Å². The molecule has 1 N–H and O–H groups in total. The van der Waals surface area contributed by atoms with E-state index in [-0.39, 0.29) is 24.3 Å². The number of anilines is 2. The van der Waals surface area contributed by atoms with Gasteiger partial charge in [0.05, 0.1) is 18.7 Å². The molecule has 2 aromatic heterocycles. The summed E-state index contributed by atoms with van der Waals surface area (Å²) in [7, 11) is 1.97. The number of carbonyl (C=O) groups is 2. The van der Waals surface area contributed by atoms with Gasteiger partial charge in [-0.05, 0) is 67.9 Å². The van der Waals surface area contributed by atoms with Crippen molar-refractivity contribution >= 4 is 34.2 Å². The third-order valence-corrected chi connectivity index (χ3v) is 9.09. The maximum atomic E-state index is 14.0. The van der Waals surface area contributed by atoms with Crippen LogP contribution in [0, 0.1) is 11.8 Å². The summed E-state index contributed by atoms with van der Waals surface area (Å²) in [5, 5.41) is 12.1. The molecule has 43 heavy (non-hydrogen) atoms. The van der Waals surface area contributed by atoms with Gasteiger partial charge in [-0.25, -0.2) is 14.4 Å². The molecule has 3 aromatic rings. The van der Waals surface area contributed by atoms with E-state index < -0.39 is 18.7 Å². The third-order valence-electron chi connectivity index (χ3n) is 8.25. The van der Waals surface area contributed by atoms with Crippen molar-refractivity contribution in [3.8, 4) is 33.9 Å². The van der Waals surface area contributed by atoms with E-state index in [1.807, 2.05) is 29.5 Å². The molecule has 0 spiro atoms. The van der Waals surface area contributed by atoms with Gasteiger partial charge >= 0.3 is 5.97 Å². The van der Waals surface area contributed by atoms with Crippen LogP contribution in [0.1, 0.15) is 38.5 Å². The first kappa shape index (κ1) is 29.3. The molecule has 3 aliphatic rings. The Kier molecular flexibility index (Phi) is 8.75. The van der Waals surface area contributed by atoms with Crippen molar-refractivity contribution in [3.05, 3.63) is 35.8 Å². The molecule has 0 bridgehead atoms. The predicted octanol–water partition coefficient (Wildman–Crippen LogP) is 5.41. The number of rotatable bonds is 11. The molecular formula is C31H35FN4O6S. The van der Waals surface area contributed by atoms with Crippen molar-refractivity contribution in [2.75, 3.05) is 50.1 Å². The number of pyridine rings is 1. The summed E-state index contributed by atoms with van der Waals surface area (Å²) in [5.74, 6) is 0.247. The molecule has 10 nitrogen and oxygen atoms in total. The van der Waals surface area contributed by atoms with E-state index >= 15 is 0 Å². The van der Waals surface area contributed by atoms with Gasteiger partial charge in [0.25, 0.3) is 0 Å². The van der Waals surface area contributed by atoms with Crippen LogP contribution < -0.4 is 19.3 Å². The fraction of sp³-hybridized carbons (Fsp3) is 0.484. The van der Waals surface area contributed by atoms with Gasteiger partial charge in [0.2, 0.25) is 12.8 Å². The van der Waals surface area contributed by atoms with E-state index in [4.69, 9.17) is 19.2 Å². The van der Waals surface area contributed by atoms with Crippen molar-refractivity contribution in [3.63, 3.8) is 0 Å². The lowest BCUT2D eigenvalue weighted by Crippen LogP contribution is -2.40. The summed E-state index contributed by atoms with van der Waals surface area (Å²) in [6, 6.07) is 7.21. The number of carboxylic acid groups (broad SMARTS) is 1. The Balaban J connectivity index is 1.33. The number of carboxylic acids is 1. The standard InChI is InChI=1S/C31H35FN4O6S/c1-35-8-11-41-27-13-21(16-33-29(27)35)24-5-4-23(42-18-32)15-25(24)26-17-43-31(34-26)36(22-2-3-22)30(39)20(14-28(37)38)12-19-6-9-40-10-7-19/h4-5,13,15-17,19-20,22H,2-3,6-12,14,18H2,1H3,(H,37,38)/t20-/m1/s1. The molecule has 0 unspecified atom stereocenters. The van der Waals surface area contributed by atoms with Crippen LogP contribution in [0.2, 0.25) is 0 Å². The molecule has 1 atom stereocenters. The number of carbonyl (C=O) groups excluding carboxylic acids is 1. The molecular weight excluding hydrogens is 575 g/mol. The summed E-state index contributed by atoms with van der Waals surface area (Å²) in [4.78, 5) is 39.1. The van der Waals surface area contributed by atoms with Crippen molar-refractivity contribution in [2.45, 2.75) is 44.6 Å². The summed E-state index contributed by atoms with van der Waals surface area (Å²) in [5.41, 5.74) is 2.92. The quantitative estimate of drug-likeness (QED) is 0.304. The van der Waals surface area contributed by atoms with Gasteiger partial charge in [0.1, 0.15) is 12.4 Å². The fourth-order valence-corrected chi connectivity index (χ4v) is 6.74. The van der Waals surface area contributed by atoms with Crippen LogP contribution in [0.3, 0.4) is 0 Å². The molecule has 1 amide bonds. The van der Waals surface area contributed by atoms with Crippen LogP contribution in [0.15, 0.2) is 35.8 Å². The van der Waals surface area contributed by atoms with E-state index in [2.05, 4.69) is 4.98 Å². The monoisotopic (exact) mass is 610 g/mol. The molecule has 2 fully saturated rings. The highest BCUT2D eigenvalue weighted by atomic mass is 32.1. The zero-order valence-electron chi connectivity index (χ0n) is 24.0. The number of halogens is 1. The maximum Gasteiger partial charge on any atom is 0.304 e. The molecule has 6 rings (SSSR count).